The largest absolute Gasteiger partial charge is 0.366 e. The molecule has 0 aliphatic heterocycles. The maximum atomic E-state index is 12.8. The minimum absolute atomic E-state index is 0.0699. The molecule has 3 aromatic rings. The summed E-state index contributed by atoms with van der Waals surface area (Å²) in [5.41, 5.74) is 2.18. The first-order valence-electron chi connectivity index (χ1n) is 9.54. The van der Waals surface area contributed by atoms with Gasteiger partial charge in [-0.2, -0.15) is 5.10 Å². The second-order valence-corrected chi connectivity index (χ2v) is 7.61. The number of carbonyl (C=O) groups excluding carboxylic acids is 1. The molecule has 1 amide bonds. The fourth-order valence-corrected chi connectivity index (χ4v) is 4.49. The molecule has 3 atom stereocenters. The molecule has 0 aromatic carbocycles. The Labute approximate surface area is 157 Å². The molecular formula is C20H22N6O. The molecule has 2 saturated carbocycles. The van der Waals surface area contributed by atoms with Crippen molar-refractivity contribution in [3.8, 4) is 0 Å². The molecule has 7 heteroatoms. The lowest BCUT2D eigenvalue weighted by atomic mass is 9.95. The van der Waals surface area contributed by atoms with E-state index >= 15 is 0 Å². The lowest BCUT2D eigenvalue weighted by molar-refractivity contribution is 0.0924. The zero-order chi connectivity index (χ0) is 18.2. The molecule has 2 aliphatic carbocycles. The molecule has 0 unspecified atom stereocenters. The number of fused-ring (bicyclic) bond motifs is 3. The summed E-state index contributed by atoms with van der Waals surface area (Å²) in [6.45, 7) is 0.623. The fraction of sp³-hybridized carbons (Fsp3) is 0.400. The third-order valence-electron chi connectivity index (χ3n) is 5.86. The number of nitrogens with one attached hydrogen (secondary N) is 2. The second-order valence-electron chi connectivity index (χ2n) is 7.61. The van der Waals surface area contributed by atoms with Crippen LogP contribution >= 0.6 is 0 Å². The van der Waals surface area contributed by atoms with Crippen molar-refractivity contribution in [2.75, 3.05) is 5.32 Å². The van der Waals surface area contributed by atoms with Crippen LogP contribution in [-0.2, 0) is 6.54 Å². The number of amides is 1. The van der Waals surface area contributed by atoms with Crippen LogP contribution in [0.25, 0.3) is 5.65 Å². The number of hydrogen-bond donors (Lipinski definition) is 2. The van der Waals surface area contributed by atoms with E-state index < -0.39 is 0 Å². The van der Waals surface area contributed by atoms with Gasteiger partial charge in [0, 0.05) is 31.2 Å². The van der Waals surface area contributed by atoms with Crippen LogP contribution in [0.15, 0.2) is 43.0 Å². The maximum Gasteiger partial charge on any atom is 0.256 e. The van der Waals surface area contributed by atoms with Gasteiger partial charge in [-0.3, -0.25) is 9.78 Å². The zero-order valence-electron chi connectivity index (χ0n) is 15.0. The smallest absolute Gasteiger partial charge is 0.256 e. The Hall–Kier alpha value is -2.96. The number of nitrogens with zero attached hydrogens (tertiary/aromatic N) is 4. The van der Waals surface area contributed by atoms with E-state index in [4.69, 9.17) is 0 Å². The van der Waals surface area contributed by atoms with Crippen molar-refractivity contribution < 1.29 is 4.79 Å². The van der Waals surface area contributed by atoms with E-state index in [-0.39, 0.29) is 5.91 Å². The number of rotatable bonds is 5. The Morgan fingerprint density at radius 1 is 1.22 bits per heavy atom. The van der Waals surface area contributed by atoms with Crippen LogP contribution in [0.5, 0.6) is 0 Å². The van der Waals surface area contributed by atoms with Crippen molar-refractivity contribution in [3.63, 3.8) is 0 Å². The van der Waals surface area contributed by atoms with Crippen LogP contribution in [0.4, 0.5) is 5.82 Å². The van der Waals surface area contributed by atoms with E-state index in [0.29, 0.717) is 35.5 Å². The highest BCUT2D eigenvalue weighted by molar-refractivity contribution is 6.00. The summed E-state index contributed by atoms with van der Waals surface area (Å²) in [6, 6.07) is 6.07. The van der Waals surface area contributed by atoms with Gasteiger partial charge in [0.05, 0.1) is 6.20 Å². The van der Waals surface area contributed by atoms with Gasteiger partial charge in [0.25, 0.3) is 5.91 Å². The lowest BCUT2D eigenvalue weighted by Crippen LogP contribution is -2.38. The van der Waals surface area contributed by atoms with Crippen molar-refractivity contribution in [2.45, 2.75) is 38.3 Å². The first kappa shape index (κ1) is 16.2. The first-order chi connectivity index (χ1) is 13.3. The highest BCUT2D eigenvalue weighted by atomic mass is 16.1. The highest BCUT2D eigenvalue weighted by Crippen LogP contribution is 2.44. The summed E-state index contributed by atoms with van der Waals surface area (Å²) >= 11 is 0. The van der Waals surface area contributed by atoms with Gasteiger partial charge in [-0.25, -0.2) is 9.50 Å². The SMILES string of the molecule is O=C(N[C@H]1C[C@H]2CC[C@H]1C2)c1cnn2ccc(NCc3cccnc3)nc12. The Balaban J connectivity index is 1.33. The van der Waals surface area contributed by atoms with E-state index in [1.165, 1.54) is 19.3 Å². The summed E-state index contributed by atoms with van der Waals surface area (Å²) in [6.07, 6.45) is 11.9. The molecule has 0 radical (unpaired) electrons. The second kappa shape index (κ2) is 6.64. The van der Waals surface area contributed by atoms with Crippen molar-refractivity contribution in [1.82, 2.24) is 24.9 Å². The Bertz CT molecular complexity index is 969. The lowest BCUT2D eigenvalue weighted by Gasteiger charge is -2.22. The van der Waals surface area contributed by atoms with Crippen LogP contribution in [-0.4, -0.2) is 31.5 Å². The Kier molecular flexibility index (Phi) is 3.99. The monoisotopic (exact) mass is 362 g/mol. The molecule has 7 nitrogen and oxygen atoms in total. The molecule has 0 spiro atoms. The summed E-state index contributed by atoms with van der Waals surface area (Å²) < 4.78 is 1.64. The van der Waals surface area contributed by atoms with Crippen LogP contribution in [0, 0.1) is 11.8 Å². The standard InChI is InChI=1S/C20H22N6O/c27-20(24-17-9-13-3-4-15(17)8-13)16-12-23-26-7-5-18(25-19(16)26)22-11-14-2-1-6-21-10-14/h1-2,5-7,10,12-13,15,17H,3-4,8-9,11H2,(H,22,25)(H,24,27)/t13-,15-,17-/m0/s1. The van der Waals surface area contributed by atoms with Crippen LogP contribution in [0.2, 0.25) is 0 Å². The third kappa shape index (κ3) is 3.13. The predicted octanol–water partition coefficient (Wildman–Crippen LogP) is 2.65. The van der Waals surface area contributed by atoms with Crippen molar-refractivity contribution in [1.29, 1.82) is 0 Å². The van der Waals surface area contributed by atoms with E-state index in [2.05, 4.69) is 25.7 Å². The number of carbonyl (C=O) groups is 1. The van der Waals surface area contributed by atoms with Gasteiger partial charge in [0.2, 0.25) is 0 Å². The van der Waals surface area contributed by atoms with E-state index in [9.17, 15) is 4.79 Å². The van der Waals surface area contributed by atoms with E-state index in [1.807, 2.05) is 30.6 Å². The third-order valence-corrected chi connectivity index (χ3v) is 5.86. The van der Waals surface area contributed by atoms with Gasteiger partial charge in [-0.1, -0.05) is 12.5 Å². The van der Waals surface area contributed by atoms with Gasteiger partial charge < -0.3 is 10.6 Å². The Morgan fingerprint density at radius 2 is 2.19 bits per heavy atom. The van der Waals surface area contributed by atoms with Crippen LogP contribution < -0.4 is 10.6 Å². The number of anilines is 1. The minimum atomic E-state index is -0.0699. The van der Waals surface area contributed by atoms with Gasteiger partial charge >= 0.3 is 0 Å². The van der Waals surface area contributed by atoms with E-state index in [1.54, 1.807) is 16.9 Å². The quantitative estimate of drug-likeness (QED) is 0.729. The van der Waals surface area contributed by atoms with Gasteiger partial charge in [-0.15, -0.1) is 0 Å². The Morgan fingerprint density at radius 3 is 2.96 bits per heavy atom. The number of hydrogen-bond acceptors (Lipinski definition) is 5. The van der Waals surface area contributed by atoms with Gasteiger partial charge in [0.1, 0.15) is 11.4 Å². The normalized spacial score (nSPS) is 23.6. The van der Waals surface area contributed by atoms with Crippen molar-refractivity contribution in [2.24, 2.45) is 11.8 Å². The van der Waals surface area contributed by atoms with Gasteiger partial charge in [-0.05, 0) is 48.8 Å². The summed E-state index contributed by atoms with van der Waals surface area (Å²) in [7, 11) is 0. The van der Waals surface area contributed by atoms with Gasteiger partial charge in [0.15, 0.2) is 5.65 Å². The molecule has 2 aliphatic rings. The molecule has 2 N–H and O–H groups in total. The number of pyridine rings is 1. The zero-order valence-corrected chi connectivity index (χ0v) is 15.0. The molecule has 2 fully saturated rings. The topological polar surface area (TPSA) is 84.2 Å². The number of aromatic nitrogens is 4. The van der Waals surface area contributed by atoms with E-state index in [0.717, 1.165) is 17.9 Å². The molecule has 3 aromatic heterocycles. The van der Waals surface area contributed by atoms with Crippen molar-refractivity contribution >= 4 is 17.4 Å². The van der Waals surface area contributed by atoms with Crippen LogP contribution in [0.3, 0.4) is 0 Å². The average Bonchev–Trinajstić information content (AvgIpc) is 3.42. The van der Waals surface area contributed by atoms with Crippen molar-refractivity contribution in [3.05, 3.63) is 54.1 Å². The highest BCUT2D eigenvalue weighted by Gasteiger charge is 2.40. The summed E-state index contributed by atoms with van der Waals surface area (Å²) in [5, 5.41) is 10.8. The fourth-order valence-electron chi connectivity index (χ4n) is 4.49. The first-order valence-corrected chi connectivity index (χ1v) is 9.54. The summed E-state index contributed by atoms with van der Waals surface area (Å²) in [4.78, 5) is 21.5. The average molecular weight is 362 g/mol. The predicted molar refractivity (Wildman–Crippen MR) is 101 cm³/mol. The van der Waals surface area contributed by atoms with Crippen LogP contribution in [0.1, 0.15) is 41.6 Å². The minimum Gasteiger partial charge on any atom is -0.366 e. The summed E-state index contributed by atoms with van der Waals surface area (Å²) in [5.74, 6) is 2.08. The molecule has 3 heterocycles. The molecule has 27 heavy (non-hydrogen) atoms. The molecule has 5 rings (SSSR count). The molecule has 2 bridgehead atoms. The maximum absolute atomic E-state index is 12.8. The molecule has 0 saturated heterocycles. The molecular weight excluding hydrogens is 340 g/mol. The molecule has 138 valence electrons.